The molecule has 0 N–H and O–H groups in total. The Morgan fingerprint density at radius 1 is 0.333 bits per heavy atom. The Balaban J connectivity index is 1.55. The minimum Gasteiger partial charge on any atom is -0.0622 e. The SMILES string of the molecule is C(=C\c1ccc2ccc3ccc(/C=C/c4ccccc4)cc3c2c1)/c1ccccc1. The molecule has 0 fully saturated rings. The zero-order chi connectivity index (χ0) is 20.2. The van der Waals surface area contributed by atoms with Crippen molar-refractivity contribution in [3.05, 3.63) is 131 Å². The average Bonchev–Trinajstić information content (AvgIpc) is 2.82. The van der Waals surface area contributed by atoms with Gasteiger partial charge in [-0.2, -0.15) is 0 Å². The zero-order valence-corrected chi connectivity index (χ0v) is 16.7. The van der Waals surface area contributed by atoms with Crippen molar-refractivity contribution in [1.82, 2.24) is 0 Å². The Morgan fingerprint density at radius 2 is 0.700 bits per heavy atom. The molecule has 0 heterocycles. The van der Waals surface area contributed by atoms with E-state index in [1.807, 2.05) is 12.1 Å². The third-order valence-corrected chi connectivity index (χ3v) is 5.42. The molecule has 30 heavy (non-hydrogen) atoms. The van der Waals surface area contributed by atoms with Gasteiger partial charge in [0.2, 0.25) is 0 Å². The number of hydrogen-bond donors (Lipinski definition) is 0. The molecule has 0 bridgehead atoms. The summed E-state index contributed by atoms with van der Waals surface area (Å²) in [7, 11) is 0. The second-order valence-electron chi connectivity index (χ2n) is 7.51. The average molecular weight is 383 g/mol. The highest BCUT2D eigenvalue weighted by Gasteiger charge is 2.02. The number of rotatable bonds is 4. The maximum Gasteiger partial charge on any atom is -0.00992 e. The molecule has 0 heteroatoms. The van der Waals surface area contributed by atoms with Crippen molar-refractivity contribution in [3.8, 4) is 0 Å². The van der Waals surface area contributed by atoms with Crippen LogP contribution in [0.2, 0.25) is 0 Å². The molecule has 5 aromatic rings. The van der Waals surface area contributed by atoms with Crippen LogP contribution in [0.1, 0.15) is 22.3 Å². The predicted octanol–water partition coefficient (Wildman–Crippen LogP) is 8.33. The largest absolute Gasteiger partial charge is 0.0622 e. The van der Waals surface area contributed by atoms with Crippen LogP contribution in [0.25, 0.3) is 45.8 Å². The van der Waals surface area contributed by atoms with Crippen molar-refractivity contribution >= 4 is 45.8 Å². The maximum absolute atomic E-state index is 2.29. The highest BCUT2D eigenvalue weighted by molar-refractivity contribution is 6.08. The van der Waals surface area contributed by atoms with E-state index in [4.69, 9.17) is 0 Å². The van der Waals surface area contributed by atoms with Crippen LogP contribution in [0.4, 0.5) is 0 Å². The zero-order valence-electron chi connectivity index (χ0n) is 16.7. The monoisotopic (exact) mass is 382 g/mol. The molecule has 0 radical (unpaired) electrons. The lowest BCUT2D eigenvalue weighted by atomic mass is 9.98. The Bertz CT molecular complexity index is 1250. The molecular formula is C30H22. The van der Waals surface area contributed by atoms with Gasteiger partial charge in [0.15, 0.2) is 0 Å². The van der Waals surface area contributed by atoms with Crippen LogP contribution in [0.5, 0.6) is 0 Å². The summed E-state index contributed by atoms with van der Waals surface area (Å²) in [5, 5.41) is 5.11. The first-order chi connectivity index (χ1) is 14.8. The molecule has 0 unspecified atom stereocenters. The molecule has 0 aliphatic heterocycles. The van der Waals surface area contributed by atoms with Gasteiger partial charge < -0.3 is 0 Å². The summed E-state index contributed by atoms with van der Waals surface area (Å²) in [6, 6.07) is 38.7. The molecule has 5 aromatic carbocycles. The van der Waals surface area contributed by atoms with Crippen LogP contribution in [0.3, 0.4) is 0 Å². The molecule has 0 aromatic heterocycles. The number of fused-ring (bicyclic) bond motifs is 3. The lowest BCUT2D eigenvalue weighted by Crippen LogP contribution is -1.82. The molecular weight excluding hydrogens is 360 g/mol. The number of hydrogen-bond acceptors (Lipinski definition) is 0. The lowest BCUT2D eigenvalue weighted by molar-refractivity contribution is 1.66. The summed E-state index contributed by atoms with van der Waals surface area (Å²) >= 11 is 0. The molecule has 0 spiro atoms. The predicted molar refractivity (Wildman–Crippen MR) is 132 cm³/mol. The van der Waals surface area contributed by atoms with E-state index in [0.29, 0.717) is 0 Å². The molecule has 0 aliphatic carbocycles. The Kier molecular flexibility index (Phi) is 4.98. The molecule has 142 valence electrons. The van der Waals surface area contributed by atoms with E-state index in [-0.39, 0.29) is 0 Å². The molecule has 0 atom stereocenters. The van der Waals surface area contributed by atoms with Gasteiger partial charge in [-0.15, -0.1) is 0 Å². The fourth-order valence-electron chi connectivity index (χ4n) is 3.81. The van der Waals surface area contributed by atoms with Crippen molar-refractivity contribution in [2.45, 2.75) is 0 Å². The summed E-state index contributed by atoms with van der Waals surface area (Å²) in [4.78, 5) is 0. The van der Waals surface area contributed by atoms with E-state index in [0.717, 1.165) is 0 Å². The van der Waals surface area contributed by atoms with Gasteiger partial charge in [-0.05, 0) is 55.9 Å². The van der Waals surface area contributed by atoms with Crippen LogP contribution in [0, 0.1) is 0 Å². The standard InChI is InChI=1S/C30H22/c1-3-7-23(8-4-1)11-13-25-15-17-27-19-20-28-18-16-26(22-30(28)29(27)21-25)14-12-24-9-5-2-6-10-24/h1-22H/b13-11+,14-12+. The maximum atomic E-state index is 2.29. The highest BCUT2D eigenvalue weighted by Crippen LogP contribution is 2.28. The third-order valence-electron chi connectivity index (χ3n) is 5.42. The van der Waals surface area contributed by atoms with Gasteiger partial charge in [0.25, 0.3) is 0 Å². The quantitative estimate of drug-likeness (QED) is 0.216. The van der Waals surface area contributed by atoms with Gasteiger partial charge in [0.05, 0.1) is 0 Å². The fourth-order valence-corrected chi connectivity index (χ4v) is 3.81. The van der Waals surface area contributed by atoms with Gasteiger partial charge in [0, 0.05) is 0 Å². The van der Waals surface area contributed by atoms with Crippen LogP contribution >= 0.6 is 0 Å². The topological polar surface area (TPSA) is 0 Å². The Morgan fingerprint density at radius 3 is 1.13 bits per heavy atom. The van der Waals surface area contributed by atoms with E-state index >= 15 is 0 Å². The molecule has 0 saturated carbocycles. The van der Waals surface area contributed by atoms with Crippen LogP contribution in [0.15, 0.2) is 109 Å². The van der Waals surface area contributed by atoms with Crippen LogP contribution < -0.4 is 0 Å². The summed E-state index contributed by atoms with van der Waals surface area (Å²) in [6.07, 6.45) is 8.71. The minimum absolute atomic E-state index is 1.21. The molecule has 0 nitrogen and oxygen atoms in total. The Hall–Kier alpha value is -3.90. The van der Waals surface area contributed by atoms with Crippen molar-refractivity contribution < 1.29 is 0 Å². The Labute approximate surface area is 177 Å². The van der Waals surface area contributed by atoms with Crippen LogP contribution in [-0.4, -0.2) is 0 Å². The van der Waals surface area contributed by atoms with Gasteiger partial charge >= 0.3 is 0 Å². The molecule has 0 aliphatic rings. The fraction of sp³-hybridized carbons (Fsp3) is 0. The van der Waals surface area contributed by atoms with E-state index in [1.165, 1.54) is 43.8 Å². The summed E-state index contributed by atoms with van der Waals surface area (Å²) in [5.74, 6) is 0. The highest BCUT2D eigenvalue weighted by atomic mass is 14.1. The van der Waals surface area contributed by atoms with E-state index in [9.17, 15) is 0 Å². The van der Waals surface area contributed by atoms with Crippen molar-refractivity contribution in [2.75, 3.05) is 0 Å². The molecule has 0 saturated heterocycles. The van der Waals surface area contributed by atoms with Crippen LogP contribution in [-0.2, 0) is 0 Å². The van der Waals surface area contributed by atoms with E-state index in [1.54, 1.807) is 0 Å². The summed E-state index contributed by atoms with van der Waals surface area (Å²) < 4.78 is 0. The lowest BCUT2D eigenvalue weighted by Gasteiger charge is -2.07. The van der Waals surface area contributed by atoms with Crippen molar-refractivity contribution in [3.63, 3.8) is 0 Å². The van der Waals surface area contributed by atoms with Crippen molar-refractivity contribution in [2.24, 2.45) is 0 Å². The van der Waals surface area contributed by atoms with Crippen molar-refractivity contribution in [1.29, 1.82) is 0 Å². The van der Waals surface area contributed by atoms with E-state index < -0.39 is 0 Å². The third kappa shape index (κ3) is 3.94. The second-order valence-corrected chi connectivity index (χ2v) is 7.51. The van der Waals surface area contributed by atoms with Gasteiger partial charge in [-0.1, -0.05) is 121 Å². The molecule has 0 amide bonds. The summed E-state index contributed by atoms with van der Waals surface area (Å²) in [5.41, 5.74) is 4.85. The smallest absolute Gasteiger partial charge is 0.00992 e. The molecule has 5 rings (SSSR count). The normalized spacial score (nSPS) is 11.7. The first kappa shape index (κ1) is 18.1. The van der Waals surface area contributed by atoms with Gasteiger partial charge in [0.1, 0.15) is 0 Å². The van der Waals surface area contributed by atoms with Gasteiger partial charge in [-0.3, -0.25) is 0 Å². The van der Waals surface area contributed by atoms with E-state index in [2.05, 4.69) is 121 Å². The number of benzene rings is 5. The first-order valence-corrected chi connectivity index (χ1v) is 10.3. The first-order valence-electron chi connectivity index (χ1n) is 10.3. The summed E-state index contributed by atoms with van der Waals surface area (Å²) in [6.45, 7) is 0. The minimum atomic E-state index is 1.21. The van der Waals surface area contributed by atoms with Gasteiger partial charge in [-0.25, -0.2) is 0 Å². The second kappa shape index (κ2) is 8.23.